The number of amides is 1. The molecule has 1 N–H and O–H groups in total. The Hall–Kier alpha value is -2.80. The van der Waals surface area contributed by atoms with Gasteiger partial charge in [0.05, 0.1) is 21.6 Å². The van der Waals surface area contributed by atoms with E-state index in [-0.39, 0.29) is 55.7 Å². The molecule has 6 nitrogen and oxygen atoms in total. The van der Waals surface area contributed by atoms with Gasteiger partial charge in [0, 0.05) is 26.2 Å². The summed E-state index contributed by atoms with van der Waals surface area (Å²) in [6.45, 7) is -1.03. The number of nitrogens with zero attached hydrogens (tertiary/aromatic N) is 2. The quantitative estimate of drug-likeness (QED) is 0.679. The molecule has 0 bridgehead atoms. The average Bonchev–Trinajstić information content (AvgIpc) is 2.72. The molecule has 174 valence electrons. The van der Waals surface area contributed by atoms with Crippen molar-refractivity contribution in [1.82, 2.24) is 9.21 Å². The van der Waals surface area contributed by atoms with Crippen molar-refractivity contribution >= 4 is 15.9 Å². The maximum Gasteiger partial charge on any atom is 0.416 e. The lowest BCUT2D eigenvalue weighted by molar-refractivity contribution is -0.143. The van der Waals surface area contributed by atoms with Crippen molar-refractivity contribution in [3.8, 4) is 5.75 Å². The molecule has 32 heavy (non-hydrogen) atoms. The monoisotopic (exact) mass is 482 g/mol. The molecular formula is C19H16F6N2O4S. The number of hydrogen-bond donors (Lipinski definition) is 1. The van der Waals surface area contributed by atoms with Gasteiger partial charge in [-0.05, 0) is 30.3 Å². The van der Waals surface area contributed by atoms with E-state index in [0.29, 0.717) is 0 Å². The summed E-state index contributed by atoms with van der Waals surface area (Å²) < 4.78 is 105. The molecule has 0 unspecified atom stereocenters. The molecule has 0 saturated carbocycles. The SMILES string of the molecule is O=C(c1ccccc1O)N1CCN(S(=O)(=O)c2cc(C(F)(F)F)cc(C(F)(F)F)c2)CC1. The van der Waals surface area contributed by atoms with Gasteiger partial charge in [-0.1, -0.05) is 12.1 Å². The lowest BCUT2D eigenvalue weighted by Crippen LogP contribution is -2.50. The molecule has 1 heterocycles. The highest BCUT2D eigenvalue weighted by molar-refractivity contribution is 7.89. The number of hydrogen-bond acceptors (Lipinski definition) is 4. The second kappa shape index (κ2) is 8.28. The largest absolute Gasteiger partial charge is 0.507 e. The summed E-state index contributed by atoms with van der Waals surface area (Å²) in [5.74, 6) is -0.866. The smallest absolute Gasteiger partial charge is 0.416 e. The van der Waals surface area contributed by atoms with Crippen molar-refractivity contribution in [2.45, 2.75) is 17.2 Å². The zero-order chi connectivity index (χ0) is 23.9. The zero-order valence-electron chi connectivity index (χ0n) is 16.1. The van der Waals surface area contributed by atoms with Gasteiger partial charge in [-0.3, -0.25) is 4.79 Å². The average molecular weight is 482 g/mol. The van der Waals surface area contributed by atoms with Crippen LogP contribution in [0.3, 0.4) is 0 Å². The van der Waals surface area contributed by atoms with Gasteiger partial charge in [0.15, 0.2) is 0 Å². The van der Waals surface area contributed by atoms with Crippen molar-refractivity contribution in [3.05, 3.63) is 59.2 Å². The summed E-state index contributed by atoms with van der Waals surface area (Å²) in [4.78, 5) is 12.6. The normalized spacial score (nSPS) is 16.2. The van der Waals surface area contributed by atoms with E-state index in [4.69, 9.17) is 0 Å². The summed E-state index contributed by atoms with van der Waals surface area (Å²) in [5.41, 5.74) is -3.49. The van der Waals surface area contributed by atoms with E-state index in [0.717, 1.165) is 4.31 Å². The number of phenolic OH excluding ortho intramolecular Hbond substituents is 1. The van der Waals surface area contributed by atoms with E-state index in [9.17, 15) is 44.7 Å². The van der Waals surface area contributed by atoms with Crippen molar-refractivity contribution in [3.63, 3.8) is 0 Å². The summed E-state index contributed by atoms with van der Waals surface area (Å²) >= 11 is 0. The minimum absolute atomic E-state index is 0.0171. The number of halogens is 6. The van der Waals surface area contributed by atoms with Crippen LogP contribution in [0.1, 0.15) is 21.5 Å². The Morgan fingerprint density at radius 1 is 0.844 bits per heavy atom. The van der Waals surface area contributed by atoms with Crippen LogP contribution in [0.4, 0.5) is 26.3 Å². The molecule has 0 spiro atoms. The highest BCUT2D eigenvalue weighted by Gasteiger charge is 2.39. The van der Waals surface area contributed by atoms with Crippen molar-refractivity contribution < 1.29 is 44.7 Å². The van der Waals surface area contributed by atoms with E-state index in [1.807, 2.05) is 0 Å². The Bertz CT molecular complexity index is 1090. The number of rotatable bonds is 3. The number of piperazine rings is 1. The Morgan fingerprint density at radius 3 is 1.81 bits per heavy atom. The molecule has 1 amide bonds. The van der Waals surface area contributed by atoms with Crippen LogP contribution in [0.5, 0.6) is 5.75 Å². The molecular weight excluding hydrogens is 466 g/mol. The first kappa shape index (κ1) is 23.9. The minimum atomic E-state index is -5.19. The van der Waals surface area contributed by atoms with E-state index in [2.05, 4.69) is 0 Å². The van der Waals surface area contributed by atoms with E-state index >= 15 is 0 Å². The second-order valence-electron chi connectivity index (χ2n) is 6.96. The first-order valence-electron chi connectivity index (χ1n) is 9.08. The third-order valence-corrected chi connectivity index (χ3v) is 6.74. The molecule has 1 aliphatic rings. The van der Waals surface area contributed by atoms with E-state index in [1.165, 1.54) is 29.2 Å². The molecule has 0 radical (unpaired) electrons. The van der Waals surface area contributed by atoms with E-state index in [1.54, 1.807) is 0 Å². The fourth-order valence-corrected chi connectivity index (χ4v) is 4.67. The number of carbonyl (C=O) groups excluding carboxylic acids is 1. The Morgan fingerprint density at radius 2 is 1.34 bits per heavy atom. The van der Waals surface area contributed by atoms with Crippen LogP contribution in [-0.2, 0) is 22.4 Å². The van der Waals surface area contributed by atoms with Crippen molar-refractivity contribution in [2.24, 2.45) is 0 Å². The third kappa shape index (κ3) is 4.83. The Balaban J connectivity index is 1.85. The topological polar surface area (TPSA) is 77.9 Å². The zero-order valence-corrected chi connectivity index (χ0v) is 16.9. The predicted octanol–water partition coefficient (Wildman–Crippen LogP) is 3.58. The number of para-hydroxylation sites is 1. The fourth-order valence-electron chi connectivity index (χ4n) is 3.18. The highest BCUT2D eigenvalue weighted by Crippen LogP contribution is 2.38. The molecule has 0 aliphatic carbocycles. The van der Waals surface area contributed by atoms with Gasteiger partial charge in [0.25, 0.3) is 5.91 Å². The molecule has 1 saturated heterocycles. The summed E-state index contributed by atoms with van der Waals surface area (Å²) in [5, 5.41) is 9.79. The van der Waals surface area contributed by atoms with Crippen molar-refractivity contribution in [1.29, 1.82) is 0 Å². The first-order valence-corrected chi connectivity index (χ1v) is 10.5. The number of alkyl halides is 6. The first-order chi connectivity index (χ1) is 14.7. The van der Waals surface area contributed by atoms with Crippen LogP contribution in [0, 0.1) is 0 Å². The number of phenols is 1. The van der Waals surface area contributed by atoms with Gasteiger partial charge in [-0.2, -0.15) is 30.6 Å². The summed E-state index contributed by atoms with van der Waals surface area (Å²) in [6.07, 6.45) is -10.4. The second-order valence-corrected chi connectivity index (χ2v) is 8.89. The van der Waals surface area contributed by atoms with Gasteiger partial charge in [0.1, 0.15) is 5.75 Å². The van der Waals surface area contributed by atoms with Gasteiger partial charge in [0.2, 0.25) is 10.0 Å². The number of aromatic hydroxyl groups is 1. The number of sulfonamides is 1. The minimum Gasteiger partial charge on any atom is -0.507 e. The van der Waals surface area contributed by atoms with Gasteiger partial charge in [-0.25, -0.2) is 8.42 Å². The van der Waals surface area contributed by atoms with Crippen molar-refractivity contribution in [2.75, 3.05) is 26.2 Å². The molecule has 1 aliphatic heterocycles. The van der Waals surface area contributed by atoms with Crippen LogP contribution in [0.25, 0.3) is 0 Å². The van der Waals surface area contributed by atoms with Crippen LogP contribution in [0.2, 0.25) is 0 Å². The third-order valence-electron chi connectivity index (χ3n) is 4.86. The van der Waals surface area contributed by atoms with Crippen LogP contribution in [-0.4, -0.2) is 54.8 Å². The molecule has 0 atom stereocenters. The lowest BCUT2D eigenvalue weighted by Gasteiger charge is -2.34. The number of benzene rings is 2. The van der Waals surface area contributed by atoms with Crippen LogP contribution in [0.15, 0.2) is 47.4 Å². The number of carbonyl (C=O) groups is 1. The molecule has 3 rings (SSSR count). The molecule has 2 aromatic rings. The molecule has 13 heteroatoms. The highest BCUT2D eigenvalue weighted by atomic mass is 32.2. The predicted molar refractivity (Wildman–Crippen MR) is 99.2 cm³/mol. The van der Waals surface area contributed by atoms with E-state index < -0.39 is 44.3 Å². The van der Waals surface area contributed by atoms with Gasteiger partial charge in [-0.15, -0.1) is 0 Å². The maximum absolute atomic E-state index is 13.1. The Kier molecular flexibility index (Phi) is 6.17. The summed E-state index contributed by atoms with van der Waals surface area (Å²) in [7, 11) is -4.70. The van der Waals surface area contributed by atoms with Crippen LogP contribution < -0.4 is 0 Å². The van der Waals surface area contributed by atoms with Gasteiger partial charge >= 0.3 is 12.4 Å². The Labute approximate surface area is 178 Å². The van der Waals surface area contributed by atoms with Crippen LogP contribution >= 0.6 is 0 Å². The molecule has 2 aromatic carbocycles. The summed E-state index contributed by atoms with van der Waals surface area (Å²) in [6, 6.07) is 5.83. The lowest BCUT2D eigenvalue weighted by atomic mass is 10.1. The molecule has 1 fully saturated rings. The fraction of sp³-hybridized carbons (Fsp3) is 0.316. The standard InChI is InChI=1S/C19H16F6N2O4S/c20-18(21,22)12-9-13(19(23,24)25)11-14(10-12)32(30,31)27-7-5-26(6-8-27)17(29)15-3-1-2-4-16(15)28/h1-4,9-11,28H,5-8H2. The van der Waals surface area contributed by atoms with Gasteiger partial charge < -0.3 is 10.0 Å². The maximum atomic E-state index is 13.1. The molecule has 0 aromatic heterocycles.